The van der Waals surface area contributed by atoms with Crippen LogP contribution in [0.25, 0.3) is 0 Å². The summed E-state index contributed by atoms with van der Waals surface area (Å²) < 4.78 is 3.31. The van der Waals surface area contributed by atoms with Crippen molar-refractivity contribution in [2.45, 2.75) is 0 Å². The molecule has 0 aliphatic carbocycles. The molecule has 0 saturated carbocycles. The number of nitrogens with zero attached hydrogens (tertiary/aromatic N) is 2. The maximum absolute atomic E-state index is 10.9. The fourth-order valence-corrected chi connectivity index (χ4v) is 4.87. The van der Waals surface area contributed by atoms with Crippen molar-refractivity contribution in [3.63, 3.8) is 0 Å². The van der Waals surface area contributed by atoms with E-state index >= 15 is 0 Å². The van der Waals surface area contributed by atoms with Gasteiger partial charge >= 0.3 is 104 Å². The summed E-state index contributed by atoms with van der Waals surface area (Å²) in [4.78, 5) is 21.8. The Hall–Kier alpha value is -1.88. The Morgan fingerprint density at radius 3 is 1.71 bits per heavy atom. The summed E-state index contributed by atoms with van der Waals surface area (Å²) in [6.45, 7) is 0. The van der Waals surface area contributed by atoms with Crippen LogP contribution in [0.4, 0.5) is 0 Å². The molecular weight excluding hydrogens is 278 g/mol. The van der Waals surface area contributed by atoms with Gasteiger partial charge in [-0.2, -0.15) is 0 Å². The topological polar surface area (TPSA) is 84.5 Å². The summed E-state index contributed by atoms with van der Waals surface area (Å²) in [5.41, 5.74) is 0.407. The Bertz CT molecular complexity index is 522. The van der Waals surface area contributed by atoms with E-state index in [-0.39, 0.29) is 11.4 Å². The molecule has 0 atom stereocenters. The molecule has 2 rings (SSSR count). The predicted molar refractivity (Wildman–Crippen MR) is 53.6 cm³/mol. The van der Waals surface area contributed by atoms with Crippen molar-refractivity contribution >= 4 is 11.9 Å². The van der Waals surface area contributed by atoms with Crippen molar-refractivity contribution in [1.29, 1.82) is 0 Å². The van der Waals surface area contributed by atoms with Crippen LogP contribution in [-0.2, 0) is 17.6 Å². The average Bonchev–Trinajstić information content (AvgIpc) is 2.86. The molecule has 2 aromatic heterocycles. The van der Waals surface area contributed by atoms with E-state index < -0.39 is 29.5 Å². The van der Waals surface area contributed by atoms with Gasteiger partial charge in [-0.15, -0.1) is 0 Å². The molecular formula is C10H8N2O4Zn. The summed E-state index contributed by atoms with van der Waals surface area (Å²) in [6, 6.07) is 6.33. The Balaban J connectivity index is 2.32. The van der Waals surface area contributed by atoms with Crippen molar-refractivity contribution in [3.05, 3.63) is 48.0 Å². The van der Waals surface area contributed by atoms with Crippen LogP contribution in [0.15, 0.2) is 36.7 Å². The fraction of sp³-hybridized carbons (Fsp3) is 0. The Labute approximate surface area is 104 Å². The van der Waals surface area contributed by atoms with Crippen LogP contribution in [-0.4, -0.2) is 28.8 Å². The Morgan fingerprint density at radius 1 is 0.941 bits per heavy atom. The molecule has 17 heavy (non-hydrogen) atoms. The van der Waals surface area contributed by atoms with Crippen molar-refractivity contribution in [1.82, 2.24) is 6.62 Å². The normalized spacial score (nSPS) is 9.88. The number of aromatic nitrogens is 2. The molecule has 0 unspecified atom stereocenters. The zero-order valence-corrected chi connectivity index (χ0v) is 11.7. The minimum absolute atomic E-state index is 0.204. The van der Waals surface area contributed by atoms with Gasteiger partial charge in [0.05, 0.1) is 0 Å². The molecule has 0 aromatic carbocycles. The predicted octanol–water partition coefficient (Wildman–Crippen LogP) is 0.995. The van der Waals surface area contributed by atoms with E-state index in [1.807, 2.05) is 0 Å². The summed E-state index contributed by atoms with van der Waals surface area (Å²) in [5.74, 6) is -1.99. The van der Waals surface area contributed by atoms with Crippen LogP contribution in [0.2, 0.25) is 0 Å². The van der Waals surface area contributed by atoms with Crippen molar-refractivity contribution < 1.29 is 37.4 Å². The molecule has 0 aliphatic rings. The molecule has 2 aromatic rings. The monoisotopic (exact) mass is 284 g/mol. The van der Waals surface area contributed by atoms with Crippen LogP contribution in [0.3, 0.4) is 0 Å². The third-order valence-electron chi connectivity index (χ3n) is 2.40. The van der Waals surface area contributed by atoms with E-state index in [2.05, 4.69) is 0 Å². The van der Waals surface area contributed by atoms with Crippen molar-refractivity contribution in [2.75, 3.05) is 0 Å². The van der Waals surface area contributed by atoms with Gasteiger partial charge in [0.15, 0.2) is 0 Å². The number of rotatable bonds is 4. The van der Waals surface area contributed by atoms with Gasteiger partial charge in [0.1, 0.15) is 0 Å². The third kappa shape index (κ3) is 2.29. The number of carboxylic acids is 2. The SMILES string of the molecule is O=C(O)c1ccc[n]1[Zn][n]1cccc1C(=O)O. The molecule has 0 bridgehead atoms. The molecule has 2 N–H and O–H groups in total. The van der Waals surface area contributed by atoms with Crippen molar-refractivity contribution in [3.8, 4) is 0 Å². The van der Waals surface area contributed by atoms with Gasteiger partial charge in [-0.25, -0.2) is 0 Å². The number of carboxylic acid groups (broad SMARTS) is 2. The standard InChI is InChI=1S/2C5H4NO2.Zn/c2*7-5(8)4-2-1-3-6-4;/h2*1-3H,(H,7,8);/q2*-1;+2. The van der Waals surface area contributed by atoms with Crippen LogP contribution in [0.1, 0.15) is 21.0 Å². The van der Waals surface area contributed by atoms with E-state index in [4.69, 9.17) is 10.2 Å². The molecule has 0 saturated heterocycles. The second-order valence-electron chi connectivity index (χ2n) is 3.48. The zero-order valence-electron chi connectivity index (χ0n) is 8.78. The van der Waals surface area contributed by atoms with E-state index in [1.54, 1.807) is 31.1 Å². The Kier molecular flexibility index (Phi) is 3.11. The van der Waals surface area contributed by atoms with Gasteiger partial charge in [-0.1, -0.05) is 0 Å². The third-order valence-corrected chi connectivity index (χ3v) is 5.99. The molecule has 0 fully saturated rings. The van der Waals surface area contributed by atoms with E-state index in [9.17, 15) is 9.59 Å². The molecule has 0 aliphatic heterocycles. The molecule has 0 spiro atoms. The van der Waals surface area contributed by atoms with Crippen LogP contribution in [0, 0.1) is 0 Å². The second kappa shape index (κ2) is 4.55. The first kappa shape index (κ1) is 11.6. The molecule has 84 valence electrons. The number of carbonyl (C=O) groups is 2. The fourth-order valence-electron chi connectivity index (χ4n) is 1.63. The van der Waals surface area contributed by atoms with Gasteiger partial charge in [0.25, 0.3) is 0 Å². The molecule has 0 radical (unpaired) electrons. The first-order chi connectivity index (χ1) is 8.09. The molecule has 0 amide bonds. The van der Waals surface area contributed by atoms with E-state index in [0.29, 0.717) is 0 Å². The number of hydrogen-bond acceptors (Lipinski definition) is 2. The summed E-state index contributed by atoms with van der Waals surface area (Å²) in [6.07, 6.45) is 3.35. The average molecular weight is 286 g/mol. The second-order valence-corrected chi connectivity index (χ2v) is 6.93. The summed E-state index contributed by atoms with van der Waals surface area (Å²) in [7, 11) is 0. The van der Waals surface area contributed by atoms with Gasteiger partial charge < -0.3 is 0 Å². The number of hydrogen-bond donors (Lipinski definition) is 2. The molecule has 6 nitrogen and oxygen atoms in total. The summed E-state index contributed by atoms with van der Waals surface area (Å²) in [5, 5.41) is 17.9. The molecule has 2 heterocycles. The van der Waals surface area contributed by atoms with Crippen LogP contribution in [0.5, 0.6) is 0 Å². The first-order valence-electron chi connectivity index (χ1n) is 4.86. The van der Waals surface area contributed by atoms with E-state index in [0.717, 1.165) is 0 Å². The quantitative estimate of drug-likeness (QED) is 0.821. The van der Waals surface area contributed by atoms with Crippen molar-refractivity contribution in [2.24, 2.45) is 0 Å². The van der Waals surface area contributed by atoms with Gasteiger partial charge in [0.2, 0.25) is 0 Å². The first-order valence-corrected chi connectivity index (χ1v) is 7.52. The summed E-state index contributed by atoms with van der Waals surface area (Å²) >= 11 is -1.70. The minimum atomic E-state index is -1.70. The van der Waals surface area contributed by atoms with Crippen LogP contribution >= 0.6 is 0 Å². The van der Waals surface area contributed by atoms with Gasteiger partial charge in [-0.05, 0) is 0 Å². The Morgan fingerprint density at radius 2 is 1.35 bits per heavy atom. The molecule has 7 heteroatoms. The zero-order chi connectivity index (χ0) is 12.4. The maximum atomic E-state index is 10.9. The van der Waals surface area contributed by atoms with Crippen LogP contribution < -0.4 is 0 Å². The van der Waals surface area contributed by atoms with Gasteiger partial charge in [-0.3, -0.25) is 0 Å². The number of aromatic carboxylic acids is 2. The van der Waals surface area contributed by atoms with Gasteiger partial charge in [0, 0.05) is 0 Å². The van der Waals surface area contributed by atoms with E-state index in [1.165, 1.54) is 12.1 Å².